The zero-order chi connectivity index (χ0) is 14.7. The number of rotatable bonds is 4. The minimum Gasteiger partial charge on any atom is -0.496 e. The van der Waals surface area contributed by atoms with Crippen LogP contribution < -0.4 is 19.9 Å². The van der Waals surface area contributed by atoms with Crippen LogP contribution in [0.5, 0.6) is 23.5 Å². The fraction of sp³-hybridized carbons (Fsp3) is 0.182. The Hall–Kier alpha value is -1.61. The van der Waals surface area contributed by atoms with Crippen molar-refractivity contribution in [2.24, 2.45) is 0 Å². The van der Waals surface area contributed by atoms with Gasteiger partial charge in [-0.1, -0.05) is 0 Å². The van der Waals surface area contributed by atoms with Gasteiger partial charge < -0.3 is 19.9 Å². The quantitative estimate of drug-likeness (QED) is 0.835. The maximum atomic E-state index is 5.56. The topological polar surface area (TPSA) is 92.4 Å². The molecule has 2 rings (SSSR count). The number of nitrogens with zero attached hydrogens (tertiary/aromatic N) is 3. The predicted molar refractivity (Wildman–Crippen MR) is 79.3 cm³/mol. The molecule has 1 aromatic carbocycles. The first-order valence-corrected chi connectivity index (χ1v) is 6.88. The zero-order valence-electron chi connectivity index (χ0n) is 10.6. The number of hydrogen-bond donors (Lipinski definition) is 1. The Morgan fingerprint density at radius 2 is 1.50 bits per heavy atom. The van der Waals surface area contributed by atoms with Crippen molar-refractivity contribution in [3.63, 3.8) is 0 Å². The summed E-state index contributed by atoms with van der Waals surface area (Å²) in [6, 6.07) is 3.58. The van der Waals surface area contributed by atoms with E-state index in [9.17, 15) is 0 Å². The molecule has 20 heavy (non-hydrogen) atoms. The number of nitrogens with two attached hydrogens (primary N) is 1. The molecule has 1 heterocycles. The summed E-state index contributed by atoms with van der Waals surface area (Å²) in [6.07, 6.45) is 0. The highest BCUT2D eigenvalue weighted by molar-refractivity contribution is 9.11. The molecule has 7 nitrogen and oxygen atoms in total. The monoisotopic (exact) mass is 404 g/mol. The molecule has 2 aromatic rings. The van der Waals surface area contributed by atoms with Gasteiger partial charge in [0, 0.05) is 6.07 Å². The summed E-state index contributed by atoms with van der Waals surface area (Å²) in [4.78, 5) is 11.6. The van der Waals surface area contributed by atoms with Gasteiger partial charge >= 0.3 is 12.0 Å². The molecule has 0 bridgehead atoms. The van der Waals surface area contributed by atoms with E-state index in [4.69, 9.17) is 19.9 Å². The Balaban J connectivity index is 2.35. The van der Waals surface area contributed by atoms with Crippen LogP contribution in [0.25, 0.3) is 0 Å². The molecule has 0 fully saturated rings. The number of halogens is 2. The second-order valence-electron chi connectivity index (χ2n) is 3.48. The third-order valence-electron chi connectivity index (χ3n) is 2.20. The van der Waals surface area contributed by atoms with Crippen LogP contribution >= 0.6 is 31.9 Å². The molecule has 0 aliphatic heterocycles. The van der Waals surface area contributed by atoms with Crippen molar-refractivity contribution >= 4 is 37.8 Å². The molecule has 0 atom stereocenters. The lowest BCUT2D eigenvalue weighted by atomic mass is 10.3. The van der Waals surface area contributed by atoms with Gasteiger partial charge in [-0.25, -0.2) is 0 Å². The van der Waals surface area contributed by atoms with Crippen LogP contribution in [0.15, 0.2) is 21.1 Å². The summed E-state index contributed by atoms with van der Waals surface area (Å²) in [5.74, 6) is 1.16. The lowest BCUT2D eigenvalue weighted by Gasteiger charge is -2.10. The molecular weight excluding hydrogens is 396 g/mol. The standard InChI is InChI=1S/C11H10Br2N4O3/c1-18-7-3-6(13)8(4-5(7)12)20-11-16-9(14)15-10(17-11)19-2/h3-4H,1-2H3,(H2,14,15,16,17). The number of aromatic nitrogens is 3. The lowest BCUT2D eigenvalue weighted by molar-refractivity contribution is 0.359. The number of ether oxygens (including phenoxy) is 3. The third-order valence-corrected chi connectivity index (χ3v) is 3.44. The molecule has 0 spiro atoms. The van der Waals surface area contributed by atoms with Crippen molar-refractivity contribution in [1.82, 2.24) is 15.0 Å². The molecule has 9 heteroatoms. The number of hydrogen-bond acceptors (Lipinski definition) is 7. The van der Waals surface area contributed by atoms with E-state index in [1.807, 2.05) is 0 Å². The fourth-order valence-corrected chi connectivity index (χ4v) is 2.22. The summed E-state index contributed by atoms with van der Waals surface area (Å²) in [7, 11) is 3.00. The molecule has 0 saturated carbocycles. The normalized spacial score (nSPS) is 10.2. The van der Waals surface area contributed by atoms with E-state index in [1.54, 1.807) is 19.2 Å². The SMILES string of the molecule is COc1nc(N)nc(Oc2cc(Br)c(OC)cc2Br)n1. The zero-order valence-corrected chi connectivity index (χ0v) is 13.7. The number of anilines is 1. The van der Waals surface area contributed by atoms with Gasteiger partial charge in [-0.3, -0.25) is 0 Å². The van der Waals surface area contributed by atoms with Crippen molar-refractivity contribution in [2.45, 2.75) is 0 Å². The summed E-state index contributed by atoms with van der Waals surface area (Å²) in [5, 5.41) is 0. The first-order valence-electron chi connectivity index (χ1n) is 5.30. The van der Waals surface area contributed by atoms with Gasteiger partial charge in [0.25, 0.3) is 0 Å². The van der Waals surface area contributed by atoms with Crippen molar-refractivity contribution in [1.29, 1.82) is 0 Å². The van der Waals surface area contributed by atoms with E-state index in [1.165, 1.54) is 7.11 Å². The lowest BCUT2D eigenvalue weighted by Crippen LogP contribution is -2.03. The van der Waals surface area contributed by atoms with Crippen LogP contribution in [0.2, 0.25) is 0 Å². The van der Waals surface area contributed by atoms with E-state index in [2.05, 4.69) is 46.8 Å². The molecular formula is C11H10Br2N4O3. The molecule has 106 valence electrons. The second kappa shape index (κ2) is 6.23. The third kappa shape index (κ3) is 3.28. The molecule has 0 saturated heterocycles. The van der Waals surface area contributed by atoms with E-state index in [-0.39, 0.29) is 18.0 Å². The van der Waals surface area contributed by atoms with E-state index < -0.39 is 0 Å². The average molecular weight is 406 g/mol. The fourth-order valence-electron chi connectivity index (χ4n) is 1.33. The maximum Gasteiger partial charge on any atom is 0.330 e. The van der Waals surface area contributed by atoms with Crippen molar-refractivity contribution in [3.05, 3.63) is 21.1 Å². The highest BCUT2D eigenvalue weighted by Crippen LogP contribution is 2.37. The van der Waals surface area contributed by atoms with Gasteiger partial charge in [-0.2, -0.15) is 9.97 Å². The van der Waals surface area contributed by atoms with Crippen molar-refractivity contribution in [3.8, 4) is 23.5 Å². The molecule has 0 radical (unpaired) electrons. The van der Waals surface area contributed by atoms with E-state index in [0.717, 1.165) is 4.47 Å². The average Bonchev–Trinajstić information content (AvgIpc) is 2.41. The summed E-state index contributed by atoms with van der Waals surface area (Å²) in [6.45, 7) is 0. The van der Waals surface area contributed by atoms with Gasteiger partial charge in [-0.05, 0) is 37.9 Å². The molecule has 0 amide bonds. The minimum atomic E-state index is 0.00977. The summed E-state index contributed by atoms with van der Waals surface area (Å²) >= 11 is 6.74. The Morgan fingerprint density at radius 3 is 2.15 bits per heavy atom. The first kappa shape index (κ1) is 14.8. The van der Waals surface area contributed by atoms with Gasteiger partial charge in [0.1, 0.15) is 11.5 Å². The largest absolute Gasteiger partial charge is 0.496 e. The minimum absolute atomic E-state index is 0.00977. The van der Waals surface area contributed by atoms with Crippen LogP contribution in [0.1, 0.15) is 0 Å². The predicted octanol–water partition coefficient (Wildman–Crippen LogP) is 2.79. The van der Waals surface area contributed by atoms with Gasteiger partial charge in [-0.15, -0.1) is 4.98 Å². The van der Waals surface area contributed by atoms with Crippen LogP contribution in [0, 0.1) is 0 Å². The second-order valence-corrected chi connectivity index (χ2v) is 5.19. The maximum absolute atomic E-state index is 5.56. The van der Waals surface area contributed by atoms with Gasteiger partial charge in [0.15, 0.2) is 0 Å². The number of nitrogen functional groups attached to an aromatic ring is 1. The molecule has 0 aliphatic carbocycles. The van der Waals surface area contributed by atoms with Gasteiger partial charge in [0.05, 0.1) is 23.2 Å². The van der Waals surface area contributed by atoms with E-state index in [0.29, 0.717) is 16.0 Å². The number of methoxy groups -OCH3 is 2. The molecule has 0 aliphatic rings. The highest BCUT2D eigenvalue weighted by atomic mass is 79.9. The van der Waals surface area contributed by atoms with Crippen LogP contribution in [-0.4, -0.2) is 29.2 Å². The molecule has 2 N–H and O–H groups in total. The van der Waals surface area contributed by atoms with Crippen LogP contribution in [0.4, 0.5) is 5.95 Å². The highest BCUT2D eigenvalue weighted by Gasteiger charge is 2.12. The van der Waals surface area contributed by atoms with Crippen LogP contribution in [0.3, 0.4) is 0 Å². The molecule has 1 aromatic heterocycles. The Kier molecular flexibility index (Phi) is 4.61. The Morgan fingerprint density at radius 1 is 0.900 bits per heavy atom. The van der Waals surface area contributed by atoms with Crippen molar-refractivity contribution < 1.29 is 14.2 Å². The first-order chi connectivity index (χ1) is 9.53. The van der Waals surface area contributed by atoms with E-state index >= 15 is 0 Å². The molecule has 0 unspecified atom stereocenters. The number of benzene rings is 1. The van der Waals surface area contributed by atoms with Crippen LogP contribution in [-0.2, 0) is 0 Å². The summed E-state index contributed by atoms with van der Waals surface area (Å²) in [5.41, 5.74) is 5.54. The van der Waals surface area contributed by atoms with Crippen molar-refractivity contribution in [2.75, 3.05) is 20.0 Å². The Labute approximate surface area is 131 Å². The Bertz CT molecular complexity index is 639. The smallest absolute Gasteiger partial charge is 0.330 e. The van der Waals surface area contributed by atoms with Gasteiger partial charge in [0.2, 0.25) is 5.95 Å². The summed E-state index contributed by atoms with van der Waals surface area (Å²) < 4.78 is 17.0.